The molecule has 110 valence electrons. The lowest BCUT2D eigenvalue weighted by molar-refractivity contribution is 0.0917. The minimum absolute atomic E-state index is 0.00206. The lowest BCUT2D eigenvalue weighted by Gasteiger charge is -2.26. The Bertz CT molecular complexity index is 615. The molecule has 1 amide bonds. The van der Waals surface area contributed by atoms with E-state index < -0.39 is 0 Å². The van der Waals surface area contributed by atoms with Crippen LogP contribution in [0.5, 0.6) is 0 Å². The summed E-state index contributed by atoms with van der Waals surface area (Å²) in [6, 6.07) is 7.89. The van der Waals surface area contributed by atoms with Crippen molar-refractivity contribution < 1.29 is 9.90 Å². The van der Waals surface area contributed by atoms with Crippen LogP contribution in [0.1, 0.15) is 29.6 Å². The fraction of sp³-hybridized carbons (Fsp3) is 0.375. The number of amides is 1. The molecule has 5 heteroatoms. The number of nitrogens with one attached hydrogen (secondary N) is 1. The Labute approximate surface area is 123 Å². The van der Waals surface area contributed by atoms with E-state index in [1.165, 1.54) is 6.42 Å². The highest BCUT2D eigenvalue weighted by molar-refractivity contribution is 5.94. The monoisotopic (exact) mass is 285 g/mol. The van der Waals surface area contributed by atoms with E-state index in [1.807, 2.05) is 30.5 Å². The van der Waals surface area contributed by atoms with Crippen LogP contribution in [0.25, 0.3) is 11.1 Å². The SMILES string of the molecule is O=C(NC1CCC1)c1ccc(-c2cnn(CCO)c2)cc1. The summed E-state index contributed by atoms with van der Waals surface area (Å²) in [4.78, 5) is 12.0. The fourth-order valence-corrected chi connectivity index (χ4v) is 2.37. The van der Waals surface area contributed by atoms with Crippen molar-refractivity contribution >= 4 is 5.91 Å². The number of benzene rings is 1. The van der Waals surface area contributed by atoms with Crippen molar-refractivity contribution in [1.29, 1.82) is 0 Å². The Morgan fingerprint density at radius 1 is 1.29 bits per heavy atom. The van der Waals surface area contributed by atoms with Crippen LogP contribution in [-0.4, -0.2) is 33.4 Å². The topological polar surface area (TPSA) is 67.2 Å². The molecule has 0 radical (unpaired) electrons. The summed E-state index contributed by atoms with van der Waals surface area (Å²) in [6.45, 7) is 0.559. The van der Waals surface area contributed by atoms with Gasteiger partial charge in [-0.05, 0) is 37.0 Å². The molecule has 0 aliphatic heterocycles. The van der Waals surface area contributed by atoms with Crippen LogP contribution >= 0.6 is 0 Å². The van der Waals surface area contributed by atoms with Gasteiger partial charge in [0.2, 0.25) is 0 Å². The van der Waals surface area contributed by atoms with Gasteiger partial charge in [-0.1, -0.05) is 12.1 Å². The number of nitrogens with zero attached hydrogens (tertiary/aromatic N) is 2. The Morgan fingerprint density at radius 3 is 2.67 bits per heavy atom. The molecule has 2 aromatic rings. The van der Waals surface area contributed by atoms with Crippen LogP contribution in [0.4, 0.5) is 0 Å². The van der Waals surface area contributed by atoms with Crippen molar-refractivity contribution in [1.82, 2.24) is 15.1 Å². The summed E-state index contributed by atoms with van der Waals surface area (Å²) in [5, 5.41) is 16.1. The summed E-state index contributed by atoms with van der Waals surface area (Å²) < 4.78 is 1.70. The third kappa shape index (κ3) is 3.13. The van der Waals surface area contributed by atoms with Gasteiger partial charge in [0.05, 0.1) is 19.3 Å². The molecule has 1 aliphatic carbocycles. The fourth-order valence-electron chi connectivity index (χ4n) is 2.37. The van der Waals surface area contributed by atoms with Gasteiger partial charge < -0.3 is 10.4 Å². The van der Waals surface area contributed by atoms with Crippen LogP contribution < -0.4 is 5.32 Å². The van der Waals surface area contributed by atoms with E-state index in [-0.39, 0.29) is 12.5 Å². The van der Waals surface area contributed by atoms with Gasteiger partial charge in [-0.15, -0.1) is 0 Å². The van der Waals surface area contributed by atoms with E-state index in [0.717, 1.165) is 24.0 Å². The molecule has 0 unspecified atom stereocenters. The summed E-state index contributed by atoms with van der Waals surface area (Å²) in [7, 11) is 0. The summed E-state index contributed by atoms with van der Waals surface area (Å²) in [5.41, 5.74) is 2.68. The molecule has 21 heavy (non-hydrogen) atoms. The largest absolute Gasteiger partial charge is 0.394 e. The maximum Gasteiger partial charge on any atom is 0.251 e. The highest BCUT2D eigenvalue weighted by atomic mass is 16.3. The lowest BCUT2D eigenvalue weighted by atomic mass is 9.93. The molecule has 1 aromatic carbocycles. The van der Waals surface area contributed by atoms with Crippen LogP contribution in [0.3, 0.4) is 0 Å². The van der Waals surface area contributed by atoms with Crippen LogP contribution in [0.2, 0.25) is 0 Å². The Balaban J connectivity index is 1.68. The van der Waals surface area contributed by atoms with Gasteiger partial charge in [0.1, 0.15) is 0 Å². The normalized spacial score (nSPS) is 14.7. The average Bonchev–Trinajstić information content (AvgIpc) is 2.92. The minimum atomic E-state index is 0.00206. The molecular weight excluding hydrogens is 266 g/mol. The number of carbonyl (C=O) groups excluding carboxylic acids is 1. The number of carbonyl (C=O) groups is 1. The number of hydrogen-bond donors (Lipinski definition) is 2. The van der Waals surface area contributed by atoms with E-state index in [2.05, 4.69) is 10.4 Å². The molecule has 3 rings (SSSR count). The summed E-state index contributed by atoms with van der Waals surface area (Å²) >= 11 is 0. The summed E-state index contributed by atoms with van der Waals surface area (Å²) in [5.74, 6) is 0.00206. The van der Waals surface area contributed by atoms with Crippen molar-refractivity contribution in [3.05, 3.63) is 42.2 Å². The second-order valence-corrected chi connectivity index (χ2v) is 5.39. The second-order valence-electron chi connectivity index (χ2n) is 5.39. The van der Waals surface area contributed by atoms with Gasteiger partial charge >= 0.3 is 0 Å². The van der Waals surface area contributed by atoms with Crippen LogP contribution in [0, 0.1) is 0 Å². The van der Waals surface area contributed by atoms with E-state index >= 15 is 0 Å². The Hall–Kier alpha value is -2.14. The van der Waals surface area contributed by atoms with E-state index in [4.69, 9.17) is 5.11 Å². The third-order valence-electron chi connectivity index (χ3n) is 3.88. The first-order valence-corrected chi connectivity index (χ1v) is 7.31. The lowest BCUT2D eigenvalue weighted by Crippen LogP contribution is -2.39. The molecule has 0 bridgehead atoms. The van der Waals surface area contributed by atoms with Gasteiger partial charge in [0.25, 0.3) is 5.91 Å². The Kier molecular flexibility index (Phi) is 4.01. The highest BCUT2D eigenvalue weighted by Gasteiger charge is 2.19. The average molecular weight is 285 g/mol. The highest BCUT2D eigenvalue weighted by Crippen LogP contribution is 2.21. The summed E-state index contributed by atoms with van der Waals surface area (Å²) in [6.07, 6.45) is 7.04. The van der Waals surface area contributed by atoms with Gasteiger partial charge in [0, 0.05) is 23.4 Å². The molecule has 1 aromatic heterocycles. The molecule has 1 saturated carbocycles. The van der Waals surface area contributed by atoms with E-state index in [0.29, 0.717) is 18.2 Å². The van der Waals surface area contributed by atoms with E-state index in [1.54, 1.807) is 10.9 Å². The smallest absolute Gasteiger partial charge is 0.251 e. The van der Waals surface area contributed by atoms with Gasteiger partial charge in [0.15, 0.2) is 0 Å². The number of hydrogen-bond acceptors (Lipinski definition) is 3. The number of aliphatic hydroxyl groups excluding tert-OH is 1. The third-order valence-corrected chi connectivity index (χ3v) is 3.88. The number of aromatic nitrogens is 2. The van der Waals surface area contributed by atoms with Crippen LogP contribution in [0.15, 0.2) is 36.7 Å². The van der Waals surface area contributed by atoms with Crippen molar-refractivity contribution in [3.63, 3.8) is 0 Å². The van der Waals surface area contributed by atoms with Crippen LogP contribution in [-0.2, 0) is 6.54 Å². The van der Waals surface area contributed by atoms with Crippen molar-refractivity contribution in [2.75, 3.05) is 6.61 Å². The Morgan fingerprint density at radius 2 is 2.05 bits per heavy atom. The van der Waals surface area contributed by atoms with Crippen molar-refractivity contribution in [2.45, 2.75) is 31.8 Å². The van der Waals surface area contributed by atoms with Crippen molar-refractivity contribution in [3.8, 4) is 11.1 Å². The molecule has 5 nitrogen and oxygen atoms in total. The molecule has 0 atom stereocenters. The van der Waals surface area contributed by atoms with E-state index in [9.17, 15) is 4.79 Å². The van der Waals surface area contributed by atoms with Gasteiger partial charge in [-0.2, -0.15) is 5.10 Å². The first-order valence-electron chi connectivity index (χ1n) is 7.31. The standard InChI is InChI=1S/C16H19N3O2/c20-9-8-19-11-14(10-17-19)12-4-6-13(7-5-12)16(21)18-15-2-1-3-15/h4-7,10-11,15,20H,1-3,8-9H2,(H,18,21). The predicted molar refractivity (Wildman–Crippen MR) is 79.9 cm³/mol. The van der Waals surface area contributed by atoms with Gasteiger partial charge in [-0.25, -0.2) is 0 Å². The predicted octanol–water partition coefficient (Wildman–Crippen LogP) is 1.82. The molecule has 1 aliphatic rings. The maximum atomic E-state index is 12.0. The zero-order chi connectivity index (χ0) is 14.7. The number of aliphatic hydroxyl groups is 1. The molecule has 1 heterocycles. The first-order chi connectivity index (χ1) is 10.3. The van der Waals surface area contributed by atoms with Gasteiger partial charge in [-0.3, -0.25) is 9.48 Å². The number of rotatable bonds is 5. The maximum absolute atomic E-state index is 12.0. The molecule has 1 fully saturated rings. The molecule has 0 saturated heterocycles. The quantitative estimate of drug-likeness (QED) is 0.880. The zero-order valence-corrected chi connectivity index (χ0v) is 11.8. The first kappa shape index (κ1) is 13.8. The molecular formula is C16H19N3O2. The molecule has 2 N–H and O–H groups in total. The second kappa shape index (κ2) is 6.10. The van der Waals surface area contributed by atoms with Crippen molar-refractivity contribution in [2.24, 2.45) is 0 Å². The molecule has 0 spiro atoms. The minimum Gasteiger partial charge on any atom is -0.394 e. The zero-order valence-electron chi connectivity index (χ0n) is 11.8.